The van der Waals surface area contributed by atoms with Gasteiger partial charge in [0.25, 0.3) is 0 Å². The van der Waals surface area contributed by atoms with E-state index in [-0.39, 0.29) is 38.6 Å². The first-order valence-electron chi connectivity index (χ1n) is 28.4. The predicted molar refractivity (Wildman–Crippen MR) is 293 cm³/mol. The first-order valence-corrected chi connectivity index (χ1v) is 29.9. The Balaban J connectivity index is 3.68. The minimum Gasteiger partial charge on any atom is -0.462 e. The monoisotopic (exact) mass is 988 g/mol. The molecule has 9 nitrogen and oxygen atoms in total. The highest BCUT2D eigenvalue weighted by Gasteiger charge is 2.26. The Bertz CT molecular complexity index is 1360. The van der Waals surface area contributed by atoms with Crippen molar-refractivity contribution < 1.29 is 37.6 Å². The third kappa shape index (κ3) is 54.6. The van der Waals surface area contributed by atoms with Crippen molar-refractivity contribution in [2.75, 3.05) is 26.4 Å². The molecule has 0 radical (unpaired) electrons. The highest BCUT2D eigenvalue weighted by Crippen LogP contribution is 2.43. The molecule has 0 aromatic heterocycles. The molecule has 0 fully saturated rings. The van der Waals surface area contributed by atoms with E-state index in [1.165, 1.54) is 154 Å². The van der Waals surface area contributed by atoms with Crippen molar-refractivity contribution >= 4 is 19.8 Å². The van der Waals surface area contributed by atoms with Crippen LogP contribution in [0.3, 0.4) is 0 Å². The number of nitrogens with two attached hydrogens (primary N) is 1. The summed E-state index contributed by atoms with van der Waals surface area (Å²) in [5.74, 6) is -0.827. The van der Waals surface area contributed by atoms with Crippen LogP contribution < -0.4 is 5.73 Å². The molecule has 0 heterocycles. The van der Waals surface area contributed by atoms with Gasteiger partial charge in [-0.15, -0.1) is 0 Å². The number of carbonyl (C=O) groups excluding carboxylic acids is 2. The second kappa shape index (κ2) is 54.8. The number of phosphoric ester groups is 1. The normalized spacial score (nSPS) is 13.6. The maximum atomic E-state index is 12.6. The van der Waals surface area contributed by atoms with Crippen LogP contribution in [-0.2, 0) is 32.7 Å². The summed E-state index contributed by atoms with van der Waals surface area (Å²) in [7, 11) is -4.37. The van der Waals surface area contributed by atoms with E-state index in [1.807, 2.05) is 0 Å². The summed E-state index contributed by atoms with van der Waals surface area (Å²) in [4.78, 5) is 34.8. The molecule has 0 rings (SSSR count). The van der Waals surface area contributed by atoms with Gasteiger partial charge in [-0.1, -0.05) is 254 Å². The maximum Gasteiger partial charge on any atom is 0.472 e. The summed E-state index contributed by atoms with van der Waals surface area (Å²) in [6.07, 6.45) is 70.2. The average molecular weight is 988 g/mol. The smallest absolute Gasteiger partial charge is 0.462 e. The molecule has 0 saturated carbocycles. The molecule has 69 heavy (non-hydrogen) atoms. The fraction of sp³-hybridized carbons (Fsp3) is 0.763. The molecule has 0 amide bonds. The fourth-order valence-corrected chi connectivity index (χ4v) is 8.70. The third-order valence-electron chi connectivity index (χ3n) is 12.1. The highest BCUT2D eigenvalue weighted by molar-refractivity contribution is 7.47. The Morgan fingerprint density at radius 2 is 0.797 bits per heavy atom. The van der Waals surface area contributed by atoms with Crippen molar-refractivity contribution in [2.45, 2.75) is 264 Å². The van der Waals surface area contributed by atoms with Gasteiger partial charge in [-0.3, -0.25) is 18.6 Å². The van der Waals surface area contributed by atoms with Gasteiger partial charge in [-0.25, -0.2) is 4.57 Å². The Kier molecular flexibility index (Phi) is 52.8. The van der Waals surface area contributed by atoms with Crippen LogP contribution in [0, 0.1) is 0 Å². The summed E-state index contributed by atoms with van der Waals surface area (Å²) >= 11 is 0. The number of unbranched alkanes of at least 4 members (excludes halogenated alkanes) is 28. The van der Waals surface area contributed by atoms with Gasteiger partial charge in [0.2, 0.25) is 0 Å². The zero-order valence-corrected chi connectivity index (χ0v) is 45.4. The molecular formula is C59H106NO8P. The van der Waals surface area contributed by atoms with Crippen molar-refractivity contribution in [2.24, 2.45) is 5.73 Å². The molecule has 0 spiro atoms. The van der Waals surface area contributed by atoms with Crippen LogP contribution in [0.15, 0.2) is 72.9 Å². The van der Waals surface area contributed by atoms with Crippen molar-refractivity contribution in [3.05, 3.63) is 72.9 Å². The lowest BCUT2D eigenvalue weighted by atomic mass is 10.0. The van der Waals surface area contributed by atoms with E-state index in [0.29, 0.717) is 6.42 Å². The minimum absolute atomic E-state index is 0.0543. The molecule has 3 N–H and O–H groups in total. The number of esters is 2. The van der Waals surface area contributed by atoms with Crippen LogP contribution in [0.5, 0.6) is 0 Å². The van der Waals surface area contributed by atoms with Crippen molar-refractivity contribution in [3.8, 4) is 0 Å². The quantitative estimate of drug-likeness (QED) is 0.0264. The van der Waals surface area contributed by atoms with Gasteiger partial charge in [0, 0.05) is 19.4 Å². The molecule has 2 unspecified atom stereocenters. The van der Waals surface area contributed by atoms with E-state index in [2.05, 4.69) is 86.8 Å². The van der Waals surface area contributed by atoms with Gasteiger partial charge < -0.3 is 20.1 Å². The third-order valence-corrected chi connectivity index (χ3v) is 13.1. The lowest BCUT2D eigenvalue weighted by Gasteiger charge is -2.19. The van der Waals surface area contributed by atoms with Gasteiger partial charge in [-0.2, -0.15) is 0 Å². The van der Waals surface area contributed by atoms with Gasteiger partial charge in [0.15, 0.2) is 6.10 Å². The molecule has 10 heteroatoms. The zero-order valence-electron chi connectivity index (χ0n) is 44.5. The molecule has 0 aliphatic heterocycles. The first-order chi connectivity index (χ1) is 33.8. The van der Waals surface area contributed by atoms with Gasteiger partial charge >= 0.3 is 19.8 Å². The van der Waals surface area contributed by atoms with Crippen molar-refractivity contribution in [1.29, 1.82) is 0 Å². The number of phosphoric acid groups is 1. The molecular weight excluding hydrogens is 882 g/mol. The van der Waals surface area contributed by atoms with Crippen LogP contribution in [0.4, 0.5) is 0 Å². The SMILES string of the molecule is CC/C=C\C/C=C\C/C=C\C/C=C\C/C=C\C/C=C\CCCCCCCCCCCCCCCCCCCCCCCCC(=O)OC(COC(=O)CCCCCCCCC)COP(=O)(O)OCCN. The lowest BCUT2D eigenvalue weighted by Crippen LogP contribution is -2.29. The van der Waals surface area contributed by atoms with Gasteiger partial charge in [-0.05, 0) is 64.2 Å². The van der Waals surface area contributed by atoms with E-state index in [0.717, 1.165) is 70.6 Å². The molecule has 0 bridgehead atoms. The number of allylic oxidation sites excluding steroid dienone is 12. The standard InChI is InChI=1S/C59H106NO8P/c1-3-5-7-9-11-12-13-14-15-16-17-18-19-20-21-22-23-24-25-26-27-28-29-30-31-32-33-34-35-36-37-38-39-40-41-42-43-44-46-48-50-52-59(62)68-57(56-67-69(63,64)66-54-53-60)55-65-58(61)51-49-47-45-10-8-6-4-2/h5,7,11-12,14-15,17-18,20-21,23-24,57H,3-4,6,8-10,13,16,19,22,25-56,60H2,1-2H3,(H,63,64)/b7-5-,12-11-,15-14-,18-17-,21-20-,24-23-. The summed E-state index contributed by atoms with van der Waals surface area (Å²) < 4.78 is 32.7. The second-order valence-electron chi connectivity index (χ2n) is 18.8. The number of hydrogen-bond donors (Lipinski definition) is 2. The average Bonchev–Trinajstić information content (AvgIpc) is 3.34. The van der Waals surface area contributed by atoms with E-state index in [4.69, 9.17) is 24.3 Å². The number of ether oxygens (including phenoxy) is 2. The molecule has 0 saturated heterocycles. The van der Waals surface area contributed by atoms with Crippen LogP contribution in [-0.4, -0.2) is 49.3 Å². The van der Waals surface area contributed by atoms with Crippen molar-refractivity contribution in [1.82, 2.24) is 0 Å². The number of hydrogen-bond acceptors (Lipinski definition) is 8. The van der Waals surface area contributed by atoms with Crippen LogP contribution in [0.25, 0.3) is 0 Å². The van der Waals surface area contributed by atoms with Gasteiger partial charge in [0.05, 0.1) is 13.2 Å². The minimum atomic E-state index is -4.37. The number of rotatable bonds is 53. The molecule has 0 aliphatic carbocycles. The largest absolute Gasteiger partial charge is 0.472 e. The van der Waals surface area contributed by atoms with Crippen LogP contribution >= 0.6 is 7.82 Å². The first kappa shape index (κ1) is 66.5. The van der Waals surface area contributed by atoms with E-state index < -0.39 is 26.5 Å². The molecule has 0 aliphatic rings. The van der Waals surface area contributed by atoms with Crippen molar-refractivity contribution in [3.63, 3.8) is 0 Å². The molecule has 2 atom stereocenters. The van der Waals surface area contributed by atoms with E-state index in [9.17, 15) is 19.0 Å². The molecule has 0 aromatic rings. The summed E-state index contributed by atoms with van der Waals surface area (Å²) in [6.45, 7) is 3.59. The Morgan fingerprint density at radius 1 is 0.449 bits per heavy atom. The van der Waals surface area contributed by atoms with E-state index in [1.54, 1.807) is 0 Å². The Labute approximate surface area is 424 Å². The Hall–Kier alpha value is -2.55. The topological polar surface area (TPSA) is 134 Å². The summed E-state index contributed by atoms with van der Waals surface area (Å²) in [5.41, 5.74) is 5.35. The lowest BCUT2D eigenvalue weighted by molar-refractivity contribution is -0.161. The van der Waals surface area contributed by atoms with Crippen LogP contribution in [0.1, 0.15) is 258 Å². The molecule has 400 valence electrons. The summed E-state index contributed by atoms with van der Waals surface area (Å²) in [6, 6.07) is 0. The predicted octanol–water partition coefficient (Wildman–Crippen LogP) is 17.7. The van der Waals surface area contributed by atoms with Crippen LogP contribution in [0.2, 0.25) is 0 Å². The fourth-order valence-electron chi connectivity index (χ4n) is 7.93. The zero-order chi connectivity index (χ0) is 50.2. The van der Waals surface area contributed by atoms with Gasteiger partial charge in [0.1, 0.15) is 6.61 Å². The highest BCUT2D eigenvalue weighted by atomic mass is 31.2. The Morgan fingerprint density at radius 3 is 1.19 bits per heavy atom. The van der Waals surface area contributed by atoms with E-state index >= 15 is 0 Å². The molecule has 0 aromatic carbocycles. The second-order valence-corrected chi connectivity index (χ2v) is 20.2. The number of carbonyl (C=O) groups is 2. The maximum absolute atomic E-state index is 12.6. The summed E-state index contributed by atoms with van der Waals surface area (Å²) in [5, 5.41) is 0.